The van der Waals surface area contributed by atoms with Gasteiger partial charge in [-0.25, -0.2) is 9.37 Å². The number of fused-ring (bicyclic) bond motifs is 1. The molecule has 2 aromatic carbocycles. The summed E-state index contributed by atoms with van der Waals surface area (Å²) in [4.78, 5) is 29.4. The third-order valence-electron chi connectivity index (χ3n) is 4.51. The molecule has 0 aliphatic carbocycles. The Hall–Kier alpha value is -4.07. The van der Waals surface area contributed by atoms with Crippen molar-refractivity contribution in [2.45, 2.75) is 13.5 Å². The normalized spacial score (nSPS) is 11.3. The van der Waals surface area contributed by atoms with Gasteiger partial charge in [0.2, 0.25) is 4.96 Å². The Morgan fingerprint density at radius 2 is 2.06 bits per heavy atom. The van der Waals surface area contributed by atoms with E-state index < -0.39 is 11.7 Å². The molecule has 0 radical (unpaired) electrons. The van der Waals surface area contributed by atoms with Crippen molar-refractivity contribution in [1.29, 1.82) is 5.26 Å². The highest BCUT2D eigenvalue weighted by Crippen LogP contribution is 2.27. The van der Waals surface area contributed by atoms with Gasteiger partial charge >= 0.3 is 0 Å². The Bertz CT molecular complexity index is 1520. The van der Waals surface area contributed by atoms with E-state index >= 15 is 0 Å². The molecular weight excluding hydrogens is 481 g/mol. The Balaban J connectivity index is 1.47. The van der Waals surface area contributed by atoms with E-state index in [1.54, 1.807) is 19.1 Å². The Morgan fingerprint density at radius 1 is 1.29 bits per heavy atom. The summed E-state index contributed by atoms with van der Waals surface area (Å²) in [6.07, 6.45) is 1.37. The number of nitriles is 1. The molecule has 170 valence electrons. The Labute approximate surface area is 201 Å². The minimum atomic E-state index is -0.642. The van der Waals surface area contributed by atoms with Crippen molar-refractivity contribution in [3.8, 4) is 11.8 Å². The molecular formula is C23H15ClFN5O3S. The van der Waals surface area contributed by atoms with Gasteiger partial charge in [0, 0.05) is 11.8 Å². The van der Waals surface area contributed by atoms with Crippen LogP contribution in [0.2, 0.25) is 5.02 Å². The maximum atomic E-state index is 13.0. The van der Waals surface area contributed by atoms with Gasteiger partial charge in [0.25, 0.3) is 11.5 Å². The van der Waals surface area contributed by atoms with Crippen LogP contribution in [0.25, 0.3) is 11.0 Å². The first-order valence-corrected chi connectivity index (χ1v) is 11.0. The van der Waals surface area contributed by atoms with Gasteiger partial charge in [-0.3, -0.25) is 9.59 Å². The molecule has 0 unspecified atom stereocenters. The zero-order valence-corrected chi connectivity index (χ0v) is 19.2. The number of carbonyl (C=O) groups is 1. The lowest BCUT2D eigenvalue weighted by Gasteiger charge is -2.09. The number of nitrogens with zero attached hydrogens (tertiary/aromatic N) is 4. The number of aromatic nitrogens is 3. The number of rotatable bonds is 6. The highest BCUT2D eigenvalue weighted by Gasteiger charge is 2.12. The number of aryl methyl sites for hydroxylation is 1. The molecule has 0 saturated carbocycles. The predicted molar refractivity (Wildman–Crippen MR) is 126 cm³/mol. The summed E-state index contributed by atoms with van der Waals surface area (Å²) < 4.78 is 20.0. The maximum Gasteiger partial charge on any atom is 0.275 e. The van der Waals surface area contributed by atoms with Gasteiger partial charge in [-0.15, -0.1) is 0 Å². The summed E-state index contributed by atoms with van der Waals surface area (Å²) in [7, 11) is 0. The van der Waals surface area contributed by atoms with Crippen LogP contribution in [0.5, 0.6) is 5.75 Å². The molecule has 1 amide bonds. The lowest BCUT2D eigenvalue weighted by molar-refractivity contribution is -0.112. The van der Waals surface area contributed by atoms with Gasteiger partial charge in [-0.05, 0) is 55.0 Å². The third kappa shape index (κ3) is 5.28. The molecule has 8 nitrogen and oxygen atoms in total. The fraction of sp³-hybridized carbons (Fsp3) is 0.0870. The van der Waals surface area contributed by atoms with Gasteiger partial charge < -0.3 is 10.1 Å². The third-order valence-corrected chi connectivity index (χ3v) is 5.63. The van der Waals surface area contributed by atoms with Crippen molar-refractivity contribution in [3.05, 3.63) is 91.6 Å². The first-order valence-electron chi connectivity index (χ1n) is 9.80. The largest absolute Gasteiger partial charge is 0.486 e. The highest BCUT2D eigenvalue weighted by molar-refractivity contribution is 7.16. The van der Waals surface area contributed by atoms with E-state index in [0.717, 1.165) is 5.01 Å². The number of ether oxygens (including phenoxy) is 1. The summed E-state index contributed by atoms with van der Waals surface area (Å²) in [5.41, 5.74) is 0.822. The minimum Gasteiger partial charge on any atom is -0.486 e. The summed E-state index contributed by atoms with van der Waals surface area (Å²) in [6.45, 7) is 1.80. The number of halogens is 2. The zero-order valence-electron chi connectivity index (χ0n) is 17.6. The van der Waals surface area contributed by atoms with Gasteiger partial charge in [0.05, 0.1) is 10.7 Å². The van der Waals surface area contributed by atoms with Crippen molar-refractivity contribution in [1.82, 2.24) is 14.6 Å². The van der Waals surface area contributed by atoms with E-state index in [9.17, 15) is 19.2 Å². The predicted octanol–water partition coefficient (Wildman–Crippen LogP) is 4.38. The second kappa shape index (κ2) is 9.82. The quantitative estimate of drug-likeness (QED) is 0.314. The molecule has 0 fully saturated rings. The number of anilines is 1. The van der Waals surface area contributed by atoms with Gasteiger partial charge in [0.15, 0.2) is 0 Å². The Kier molecular flexibility index (Phi) is 6.67. The lowest BCUT2D eigenvalue weighted by Crippen LogP contribution is -2.16. The molecule has 4 aromatic rings. The monoisotopic (exact) mass is 495 g/mol. The average Bonchev–Trinajstić information content (AvgIpc) is 3.19. The number of amides is 1. The first-order chi connectivity index (χ1) is 16.3. The molecule has 0 aliphatic heterocycles. The SMILES string of the molecule is Cc1nn2c(=O)cc(COc3ccc(/C=C(\C#N)C(=O)Nc4ccc(F)cc4)cc3Cl)nc2s1. The molecule has 0 spiro atoms. The van der Waals surface area contributed by atoms with E-state index in [4.69, 9.17) is 16.3 Å². The Morgan fingerprint density at radius 3 is 2.76 bits per heavy atom. The van der Waals surface area contributed by atoms with Gasteiger partial charge in [0.1, 0.15) is 34.8 Å². The lowest BCUT2D eigenvalue weighted by atomic mass is 10.1. The molecule has 2 heterocycles. The number of hydrogen-bond acceptors (Lipinski definition) is 7. The summed E-state index contributed by atoms with van der Waals surface area (Å²) >= 11 is 7.60. The van der Waals surface area contributed by atoms with Crippen molar-refractivity contribution < 1.29 is 13.9 Å². The first kappa shape index (κ1) is 23.1. The van der Waals surface area contributed by atoms with Crippen LogP contribution in [0.3, 0.4) is 0 Å². The van der Waals surface area contributed by atoms with Crippen LogP contribution in [0.1, 0.15) is 16.3 Å². The summed E-state index contributed by atoms with van der Waals surface area (Å²) in [5, 5.41) is 17.0. The summed E-state index contributed by atoms with van der Waals surface area (Å²) in [6, 6.07) is 13.1. The fourth-order valence-electron chi connectivity index (χ4n) is 2.95. The van der Waals surface area contributed by atoms with Crippen molar-refractivity contribution in [2.75, 3.05) is 5.32 Å². The minimum absolute atomic E-state index is 0.0150. The van der Waals surface area contributed by atoms with Crippen molar-refractivity contribution >= 4 is 45.6 Å². The molecule has 2 aromatic heterocycles. The number of hydrogen-bond donors (Lipinski definition) is 1. The molecule has 11 heteroatoms. The molecule has 0 atom stereocenters. The second-order valence-corrected chi connectivity index (χ2v) is 8.58. The highest BCUT2D eigenvalue weighted by atomic mass is 35.5. The summed E-state index contributed by atoms with van der Waals surface area (Å²) in [5.74, 6) is -0.736. The van der Waals surface area contributed by atoms with Crippen molar-refractivity contribution in [2.24, 2.45) is 0 Å². The van der Waals surface area contributed by atoms with Crippen LogP contribution in [0, 0.1) is 24.1 Å². The molecule has 0 aliphatic rings. The van der Waals surface area contributed by atoms with Crippen LogP contribution in [0.4, 0.5) is 10.1 Å². The van der Waals surface area contributed by atoms with Gasteiger partial charge in [-0.1, -0.05) is 29.0 Å². The number of carbonyl (C=O) groups excluding carboxylic acids is 1. The van der Waals surface area contributed by atoms with E-state index in [2.05, 4.69) is 15.4 Å². The molecule has 34 heavy (non-hydrogen) atoms. The average molecular weight is 496 g/mol. The van der Waals surface area contributed by atoms with Crippen LogP contribution < -0.4 is 15.6 Å². The van der Waals surface area contributed by atoms with Crippen LogP contribution in [0.15, 0.2) is 58.9 Å². The van der Waals surface area contributed by atoms with E-state index in [0.29, 0.717) is 27.7 Å². The van der Waals surface area contributed by atoms with E-state index in [1.807, 2.05) is 6.07 Å². The van der Waals surface area contributed by atoms with Gasteiger partial charge in [-0.2, -0.15) is 14.9 Å². The molecule has 0 bridgehead atoms. The fourth-order valence-corrected chi connectivity index (χ4v) is 3.96. The standard InChI is InChI=1S/C23H15ClFN5O3S/c1-13-29-30-21(31)10-18(28-23(30)34-13)12-33-20-7-2-14(9-19(20)24)8-15(11-26)22(32)27-17-5-3-16(25)4-6-17/h2-10H,12H2,1H3,(H,27,32)/b15-8+. The molecule has 0 saturated heterocycles. The zero-order chi connectivity index (χ0) is 24.2. The number of benzene rings is 2. The van der Waals surface area contributed by atoms with Crippen LogP contribution in [-0.2, 0) is 11.4 Å². The molecule has 4 rings (SSSR count). The van der Waals surface area contributed by atoms with E-state index in [-0.39, 0.29) is 22.8 Å². The smallest absolute Gasteiger partial charge is 0.275 e. The van der Waals surface area contributed by atoms with E-state index in [1.165, 1.54) is 58.3 Å². The number of nitrogens with one attached hydrogen (secondary N) is 1. The van der Waals surface area contributed by atoms with Crippen LogP contribution >= 0.6 is 22.9 Å². The van der Waals surface area contributed by atoms with Crippen molar-refractivity contribution in [3.63, 3.8) is 0 Å². The second-order valence-electron chi connectivity index (χ2n) is 7.01. The maximum absolute atomic E-state index is 13.0. The van der Waals surface area contributed by atoms with Crippen LogP contribution in [-0.4, -0.2) is 20.5 Å². The topological polar surface area (TPSA) is 109 Å². The molecule has 1 N–H and O–H groups in total.